The molecule has 0 aliphatic rings. The Morgan fingerprint density at radius 3 is 2.38 bits per heavy atom. The zero-order valence-corrected chi connectivity index (χ0v) is 18.7. The molecule has 0 spiro atoms. The summed E-state index contributed by atoms with van der Waals surface area (Å²) in [6.45, 7) is 3.24. The number of benzene rings is 2. The molecule has 0 saturated heterocycles. The molecule has 1 heterocycles. The molecule has 2 aromatic carbocycles. The second-order valence-electron chi connectivity index (χ2n) is 6.18. The molecule has 6 nitrogen and oxygen atoms in total. The lowest BCUT2D eigenvalue weighted by atomic mass is 10.0. The van der Waals surface area contributed by atoms with E-state index in [9.17, 15) is 9.59 Å². The molecule has 0 unspecified atom stereocenters. The van der Waals surface area contributed by atoms with Gasteiger partial charge in [-0.05, 0) is 36.8 Å². The van der Waals surface area contributed by atoms with Crippen LogP contribution in [0.2, 0.25) is 10.0 Å². The van der Waals surface area contributed by atoms with Crippen molar-refractivity contribution in [2.75, 3.05) is 0 Å². The molecule has 29 heavy (non-hydrogen) atoms. The summed E-state index contributed by atoms with van der Waals surface area (Å²) in [7, 11) is 0. The highest BCUT2D eigenvalue weighted by atomic mass is 79.9. The van der Waals surface area contributed by atoms with Crippen molar-refractivity contribution < 1.29 is 9.59 Å². The van der Waals surface area contributed by atoms with Crippen molar-refractivity contribution in [3.63, 3.8) is 0 Å². The van der Waals surface area contributed by atoms with Gasteiger partial charge in [-0.2, -0.15) is 5.10 Å². The van der Waals surface area contributed by atoms with E-state index in [1.807, 2.05) is 31.2 Å². The standard InChI is InChI=1S/C20H17BrCl2N4O2/c1-3-15-18(20(29)25-24-11(2)28)26-27(17-9-8-14(22)10-16(17)23)19(15)12-4-6-13(21)7-5-12/h4-10H,3H2,1-2H3,(H,24,28)(H,25,29). The highest BCUT2D eigenvalue weighted by Gasteiger charge is 2.24. The number of hydrogen-bond donors (Lipinski definition) is 2. The van der Waals surface area contributed by atoms with E-state index >= 15 is 0 Å². The van der Waals surface area contributed by atoms with Crippen LogP contribution in [-0.2, 0) is 11.2 Å². The van der Waals surface area contributed by atoms with E-state index in [-0.39, 0.29) is 11.6 Å². The van der Waals surface area contributed by atoms with Gasteiger partial charge in [0.15, 0.2) is 5.69 Å². The van der Waals surface area contributed by atoms with Gasteiger partial charge in [-0.25, -0.2) is 4.68 Å². The molecule has 0 bridgehead atoms. The normalized spacial score (nSPS) is 10.7. The topological polar surface area (TPSA) is 76.0 Å². The quantitative estimate of drug-likeness (QED) is 0.502. The van der Waals surface area contributed by atoms with Crippen molar-refractivity contribution >= 4 is 50.9 Å². The number of nitrogens with zero attached hydrogens (tertiary/aromatic N) is 2. The minimum absolute atomic E-state index is 0.199. The van der Waals surface area contributed by atoms with E-state index in [1.165, 1.54) is 6.92 Å². The third-order valence-corrected chi connectivity index (χ3v) is 5.23. The summed E-state index contributed by atoms with van der Waals surface area (Å²) in [5, 5.41) is 5.43. The van der Waals surface area contributed by atoms with Gasteiger partial charge in [0.2, 0.25) is 5.91 Å². The summed E-state index contributed by atoms with van der Waals surface area (Å²) >= 11 is 15.9. The van der Waals surface area contributed by atoms with Gasteiger partial charge in [0, 0.05) is 27.5 Å². The maximum absolute atomic E-state index is 12.7. The van der Waals surface area contributed by atoms with Gasteiger partial charge in [-0.1, -0.05) is 58.2 Å². The fraction of sp³-hybridized carbons (Fsp3) is 0.150. The molecule has 1 aromatic heterocycles. The monoisotopic (exact) mass is 494 g/mol. The maximum Gasteiger partial charge on any atom is 0.290 e. The number of hydrogen-bond acceptors (Lipinski definition) is 3. The first kappa shape index (κ1) is 21.4. The molecule has 0 atom stereocenters. The number of hydrazine groups is 1. The predicted molar refractivity (Wildman–Crippen MR) is 117 cm³/mol. The molecular weight excluding hydrogens is 479 g/mol. The molecule has 2 N–H and O–H groups in total. The second kappa shape index (κ2) is 8.98. The Kier molecular flexibility index (Phi) is 6.62. The lowest BCUT2D eigenvalue weighted by Gasteiger charge is -2.11. The van der Waals surface area contributed by atoms with Crippen LogP contribution < -0.4 is 10.9 Å². The smallest absolute Gasteiger partial charge is 0.274 e. The van der Waals surface area contributed by atoms with Crippen molar-refractivity contribution in [2.24, 2.45) is 0 Å². The van der Waals surface area contributed by atoms with E-state index in [2.05, 4.69) is 31.9 Å². The molecule has 2 amide bonds. The average molecular weight is 496 g/mol. The van der Waals surface area contributed by atoms with Crippen LogP contribution in [0, 0.1) is 0 Å². The zero-order valence-electron chi connectivity index (χ0n) is 15.6. The van der Waals surface area contributed by atoms with Crippen LogP contribution >= 0.6 is 39.1 Å². The van der Waals surface area contributed by atoms with Crippen LogP contribution in [0.1, 0.15) is 29.9 Å². The molecule has 9 heteroatoms. The molecule has 3 aromatic rings. The SMILES string of the molecule is CCc1c(C(=O)NNC(C)=O)nn(-c2ccc(Cl)cc2Cl)c1-c1ccc(Br)cc1. The number of amides is 2. The highest BCUT2D eigenvalue weighted by Crippen LogP contribution is 2.33. The van der Waals surface area contributed by atoms with Crippen LogP contribution in [0.25, 0.3) is 16.9 Å². The van der Waals surface area contributed by atoms with Gasteiger partial charge in [0.1, 0.15) is 0 Å². The molecule has 0 radical (unpaired) electrons. The van der Waals surface area contributed by atoms with Gasteiger partial charge in [0.25, 0.3) is 5.91 Å². The number of nitrogens with one attached hydrogen (secondary N) is 2. The lowest BCUT2D eigenvalue weighted by molar-refractivity contribution is -0.119. The number of carbonyl (C=O) groups excluding carboxylic acids is 2. The summed E-state index contributed by atoms with van der Waals surface area (Å²) in [6.07, 6.45) is 0.541. The second-order valence-corrected chi connectivity index (χ2v) is 7.94. The highest BCUT2D eigenvalue weighted by molar-refractivity contribution is 9.10. The molecule has 0 saturated carbocycles. The third-order valence-electron chi connectivity index (χ3n) is 4.16. The Morgan fingerprint density at radius 1 is 1.10 bits per heavy atom. The Bertz CT molecular complexity index is 1080. The Hall–Kier alpha value is -2.35. The van der Waals surface area contributed by atoms with Crippen LogP contribution in [0.3, 0.4) is 0 Å². The van der Waals surface area contributed by atoms with Crippen molar-refractivity contribution in [2.45, 2.75) is 20.3 Å². The maximum atomic E-state index is 12.7. The van der Waals surface area contributed by atoms with Gasteiger partial charge >= 0.3 is 0 Å². The summed E-state index contributed by atoms with van der Waals surface area (Å²) in [6, 6.07) is 12.7. The minimum atomic E-state index is -0.515. The molecular formula is C20H17BrCl2N4O2. The van der Waals surface area contributed by atoms with E-state index in [0.717, 1.165) is 21.3 Å². The van der Waals surface area contributed by atoms with E-state index in [1.54, 1.807) is 22.9 Å². The van der Waals surface area contributed by atoms with E-state index in [0.29, 0.717) is 22.2 Å². The third kappa shape index (κ3) is 4.63. The van der Waals surface area contributed by atoms with Crippen molar-refractivity contribution in [1.29, 1.82) is 0 Å². The fourth-order valence-electron chi connectivity index (χ4n) is 2.90. The number of halogens is 3. The first-order valence-corrected chi connectivity index (χ1v) is 10.3. The van der Waals surface area contributed by atoms with Gasteiger partial charge < -0.3 is 0 Å². The summed E-state index contributed by atoms with van der Waals surface area (Å²) in [5.74, 6) is -0.899. The fourth-order valence-corrected chi connectivity index (χ4v) is 3.66. The number of aromatic nitrogens is 2. The Morgan fingerprint density at radius 2 is 1.79 bits per heavy atom. The largest absolute Gasteiger partial charge is 0.290 e. The van der Waals surface area contributed by atoms with Crippen molar-refractivity contribution in [1.82, 2.24) is 20.6 Å². The van der Waals surface area contributed by atoms with E-state index in [4.69, 9.17) is 23.2 Å². The summed E-state index contributed by atoms with van der Waals surface area (Å²) < 4.78 is 2.56. The van der Waals surface area contributed by atoms with E-state index < -0.39 is 5.91 Å². The van der Waals surface area contributed by atoms with Gasteiger partial charge in [-0.15, -0.1) is 0 Å². The van der Waals surface area contributed by atoms with Gasteiger partial charge in [0.05, 0.1) is 16.4 Å². The van der Waals surface area contributed by atoms with Crippen LogP contribution in [0.15, 0.2) is 46.9 Å². The first-order chi connectivity index (χ1) is 13.8. The zero-order chi connectivity index (χ0) is 21.1. The van der Waals surface area contributed by atoms with Crippen LogP contribution in [0.5, 0.6) is 0 Å². The number of rotatable bonds is 4. The molecule has 150 valence electrons. The molecule has 0 aliphatic carbocycles. The Labute approximate surface area is 186 Å². The molecule has 0 aliphatic heterocycles. The van der Waals surface area contributed by atoms with Crippen LogP contribution in [0.4, 0.5) is 0 Å². The minimum Gasteiger partial charge on any atom is -0.274 e. The molecule has 3 rings (SSSR count). The Balaban J connectivity index is 2.23. The number of carbonyl (C=O) groups is 2. The molecule has 0 fully saturated rings. The van der Waals surface area contributed by atoms with Gasteiger partial charge in [-0.3, -0.25) is 20.4 Å². The summed E-state index contributed by atoms with van der Waals surface area (Å²) in [4.78, 5) is 23.9. The first-order valence-electron chi connectivity index (χ1n) is 8.72. The lowest BCUT2D eigenvalue weighted by Crippen LogP contribution is -2.40. The van der Waals surface area contributed by atoms with Crippen molar-refractivity contribution in [3.05, 3.63) is 68.2 Å². The average Bonchev–Trinajstić information content (AvgIpc) is 3.06. The van der Waals surface area contributed by atoms with Crippen LogP contribution in [-0.4, -0.2) is 21.6 Å². The predicted octanol–water partition coefficient (Wildman–Crippen LogP) is 4.95. The summed E-state index contributed by atoms with van der Waals surface area (Å²) in [5.41, 5.74) is 7.77. The van der Waals surface area contributed by atoms with Crippen molar-refractivity contribution in [3.8, 4) is 16.9 Å².